The van der Waals surface area contributed by atoms with Gasteiger partial charge in [0.25, 0.3) is 0 Å². The number of fused-ring (bicyclic) bond motifs is 1. The molecule has 4 rings (SSSR count). The molecule has 4 aromatic rings. The van der Waals surface area contributed by atoms with Crippen LogP contribution in [-0.4, -0.2) is 24.7 Å². The van der Waals surface area contributed by atoms with Crippen molar-refractivity contribution in [1.82, 2.24) is 24.7 Å². The van der Waals surface area contributed by atoms with Gasteiger partial charge in [-0.25, -0.2) is 19.6 Å². The van der Waals surface area contributed by atoms with E-state index in [1.54, 1.807) is 11.0 Å². The van der Waals surface area contributed by atoms with Gasteiger partial charge in [0.15, 0.2) is 0 Å². The molecule has 0 saturated heterocycles. The molecular formula is C17H13BrN6. The molecule has 2 heterocycles. The molecule has 0 amide bonds. The lowest BCUT2D eigenvalue weighted by molar-refractivity contribution is 0.863. The molecule has 2 aromatic carbocycles. The lowest BCUT2D eigenvalue weighted by Gasteiger charge is -2.07. The van der Waals surface area contributed by atoms with Gasteiger partial charge in [0.05, 0.1) is 11.2 Å². The van der Waals surface area contributed by atoms with E-state index in [4.69, 9.17) is 0 Å². The summed E-state index contributed by atoms with van der Waals surface area (Å²) in [5.74, 6) is 1.30. The maximum absolute atomic E-state index is 4.56. The number of para-hydroxylation sites is 1. The Morgan fingerprint density at radius 2 is 1.88 bits per heavy atom. The van der Waals surface area contributed by atoms with Gasteiger partial charge >= 0.3 is 0 Å². The van der Waals surface area contributed by atoms with E-state index in [1.807, 2.05) is 55.6 Å². The van der Waals surface area contributed by atoms with Crippen LogP contribution in [0.2, 0.25) is 0 Å². The zero-order chi connectivity index (χ0) is 16.5. The first-order valence-corrected chi connectivity index (χ1v) is 8.15. The van der Waals surface area contributed by atoms with E-state index >= 15 is 0 Å². The Kier molecular flexibility index (Phi) is 3.70. The SMILES string of the molecule is Cc1ncn(-c2ccc(Nc3ncc4cccc(Br)c4n3)cc2)n1. The zero-order valence-corrected chi connectivity index (χ0v) is 14.4. The molecule has 0 fully saturated rings. The first kappa shape index (κ1) is 14.8. The first-order chi connectivity index (χ1) is 11.7. The highest BCUT2D eigenvalue weighted by molar-refractivity contribution is 9.10. The number of aryl methyl sites for hydroxylation is 1. The summed E-state index contributed by atoms with van der Waals surface area (Å²) >= 11 is 3.52. The van der Waals surface area contributed by atoms with Crippen LogP contribution >= 0.6 is 15.9 Å². The molecule has 1 N–H and O–H groups in total. The van der Waals surface area contributed by atoms with Gasteiger partial charge in [-0.15, -0.1) is 0 Å². The van der Waals surface area contributed by atoms with Crippen LogP contribution in [0.3, 0.4) is 0 Å². The van der Waals surface area contributed by atoms with Crippen molar-refractivity contribution in [1.29, 1.82) is 0 Å². The van der Waals surface area contributed by atoms with Crippen LogP contribution in [0.15, 0.2) is 59.5 Å². The van der Waals surface area contributed by atoms with Crippen molar-refractivity contribution in [2.24, 2.45) is 0 Å². The van der Waals surface area contributed by atoms with Crippen molar-refractivity contribution >= 4 is 38.5 Å². The summed E-state index contributed by atoms with van der Waals surface area (Å²) in [5, 5.41) is 8.50. The molecule has 0 unspecified atom stereocenters. The van der Waals surface area contributed by atoms with Crippen molar-refractivity contribution in [3.8, 4) is 5.69 Å². The molecular weight excluding hydrogens is 368 g/mol. The fraction of sp³-hybridized carbons (Fsp3) is 0.0588. The lowest BCUT2D eigenvalue weighted by atomic mass is 10.2. The maximum atomic E-state index is 4.56. The molecule has 0 saturated carbocycles. The van der Waals surface area contributed by atoms with Crippen LogP contribution in [0.25, 0.3) is 16.6 Å². The molecule has 0 atom stereocenters. The normalized spacial score (nSPS) is 10.9. The number of aromatic nitrogens is 5. The fourth-order valence-electron chi connectivity index (χ4n) is 2.38. The Hall–Kier alpha value is -2.80. The molecule has 7 heteroatoms. The second-order valence-electron chi connectivity index (χ2n) is 5.28. The third kappa shape index (κ3) is 2.85. The molecule has 0 radical (unpaired) electrons. The van der Waals surface area contributed by atoms with Crippen molar-refractivity contribution in [3.63, 3.8) is 0 Å². The molecule has 0 aliphatic heterocycles. The quantitative estimate of drug-likeness (QED) is 0.581. The van der Waals surface area contributed by atoms with Crippen molar-refractivity contribution in [2.75, 3.05) is 5.32 Å². The highest BCUT2D eigenvalue weighted by Gasteiger charge is 2.04. The standard InChI is InChI=1S/C17H13BrN6/c1-11-20-10-24(23-11)14-7-5-13(6-8-14)21-17-19-9-12-3-2-4-15(18)16(12)22-17/h2-10H,1H3,(H,19,21,22). The maximum Gasteiger partial charge on any atom is 0.227 e. The second kappa shape index (κ2) is 6.01. The number of halogens is 1. The first-order valence-electron chi connectivity index (χ1n) is 7.36. The smallest absolute Gasteiger partial charge is 0.227 e. The van der Waals surface area contributed by atoms with E-state index < -0.39 is 0 Å². The Bertz CT molecular complexity index is 1010. The Morgan fingerprint density at radius 3 is 2.62 bits per heavy atom. The van der Waals surface area contributed by atoms with E-state index in [-0.39, 0.29) is 0 Å². The average molecular weight is 381 g/mol. The number of anilines is 2. The number of rotatable bonds is 3. The highest BCUT2D eigenvalue weighted by Crippen LogP contribution is 2.23. The minimum Gasteiger partial charge on any atom is -0.324 e. The third-order valence-electron chi connectivity index (χ3n) is 3.56. The van der Waals surface area contributed by atoms with Gasteiger partial charge in [-0.05, 0) is 53.2 Å². The number of hydrogen-bond acceptors (Lipinski definition) is 5. The van der Waals surface area contributed by atoms with Gasteiger partial charge in [0.2, 0.25) is 5.95 Å². The van der Waals surface area contributed by atoms with E-state index in [1.165, 1.54) is 0 Å². The van der Waals surface area contributed by atoms with Gasteiger partial charge in [-0.3, -0.25) is 0 Å². The molecule has 0 spiro atoms. The number of nitrogens with one attached hydrogen (secondary N) is 1. The van der Waals surface area contributed by atoms with Crippen LogP contribution in [0.1, 0.15) is 5.82 Å². The van der Waals surface area contributed by atoms with Gasteiger partial charge in [0.1, 0.15) is 12.2 Å². The molecule has 6 nitrogen and oxygen atoms in total. The monoisotopic (exact) mass is 380 g/mol. The molecule has 0 bridgehead atoms. The molecule has 0 aliphatic carbocycles. The zero-order valence-electron chi connectivity index (χ0n) is 12.8. The van der Waals surface area contributed by atoms with Crippen LogP contribution in [0.4, 0.5) is 11.6 Å². The predicted molar refractivity (Wildman–Crippen MR) is 96.6 cm³/mol. The minimum absolute atomic E-state index is 0.554. The van der Waals surface area contributed by atoms with E-state index in [2.05, 4.69) is 41.3 Å². The lowest BCUT2D eigenvalue weighted by Crippen LogP contribution is -1.99. The van der Waals surface area contributed by atoms with Crippen molar-refractivity contribution < 1.29 is 0 Å². The van der Waals surface area contributed by atoms with Crippen molar-refractivity contribution in [3.05, 3.63) is 65.3 Å². The Morgan fingerprint density at radius 1 is 1.04 bits per heavy atom. The van der Waals surface area contributed by atoms with Crippen LogP contribution < -0.4 is 5.32 Å². The number of benzene rings is 2. The summed E-state index contributed by atoms with van der Waals surface area (Å²) in [7, 11) is 0. The average Bonchev–Trinajstić information content (AvgIpc) is 3.03. The summed E-state index contributed by atoms with van der Waals surface area (Å²) in [6.45, 7) is 1.86. The molecule has 2 aromatic heterocycles. The summed E-state index contributed by atoms with van der Waals surface area (Å²) < 4.78 is 2.69. The summed E-state index contributed by atoms with van der Waals surface area (Å²) in [6, 6.07) is 13.8. The van der Waals surface area contributed by atoms with Gasteiger partial charge in [0, 0.05) is 21.7 Å². The van der Waals surface area contributed by atoms with Crippen molar-refractivity contribution in [2.45, 2.75) is 6.92 Å². The van der Waals surface area contributed by atoms with E-state index in [9.17, 15) is 0 Å². The Balaban J connectivity index is 1.60. The largest absolute Gasteiger partial charge is 0.324 e. The van der Waals surface area contributed by atoms with Gasteiger partial charge < -0.3 is 5.32 Å². The number of nitrogens with zero attached hydrogens (tertiary/aromatic N) is 5. The fourth-order valence-corrected chi connectivity index (χ4v) is 2.85. The Labute approximate surface area is 146 Å². The topological polar surface area (TPSA) is 68.5 Å². The summed E-state index contributed by atoms with van der Waals surface area (Å²) in [4.78, 5) is 13.0. The van der Waals surface area contributed by atoms with E-state index in [0.29, 0.717) is 5.95 Å². The van der Waals surface area contributed by atoms with Gasteiger partial charge in [-0.1, -0.05) is 12.1 Å². The third-order valence-corrected chi connectivity index (χ3v) is 4.20. The molecule has 0 aliphatic rings. The molecule has 24 heavy (non-hydrogen) atoms. The number of hydrogen-bond donors (Lipinski definition) is 1. The van der Waals surface area contributed by atoms with Crippen LogP contribution in [0.5, 0.6) is 0 Å². The van der Waals surface area contributed by atoms with Crippen LogP contribution in [0, 0.1) is 6.92 Å². The molecule has 118 valence electrons. The summed E-state index contributed by atoms with van der Waals surface area (Å²) in [5.41, 5.74) is 2.73. The summed E-state index contributed by atoms with van der Waals surface area (Å²) in [6.07, 6.45) is 3.50. The predicted octanol–water partition coefficient (Wildman–Crippen LogP) is 4.03. The van der Waals surface area contributed by atoms with Gasteiger partial charge in [-0.2, -0.15) is 5.10 Å². The highest BCUT2D eigenvalue weighted by atomic mass is 79.9. The second-order valence-corrected chi connectivity index (χ2v) is 6.13. The minimum atomic E-state index is 0.554. The van der Waals surface area contributed by atoms with E-state index in [0.717, 1.165) is 32.6 Å². The van der Waals surface area contributed by atoms with Crippen LogP contribution in [-0.2, 0) is 0 Å².